The van der Waals surface area contributed by atoms with Crippen molar-refractivity contribution in [3.8, 4) is 11.3 Å². The number of fused-ring (bicyclic) bond motifs is 3. The van der Waals surface area contributed by atoms with Crippen molar-refractivity contribution < 1.29 is 4.79 Å². The maximum absolute atomic E-state index is 13.2. The number of imidazole rings is 1. The first-order valence-corrected chi connectivity index (χ1v) is 12.6. The Labute approximate surface area is 193 Å². The van der Waals surface area contributed by atoms with Gasteiger partial charge in [0.1, 0.15) is 11.4 Å². The molecule has 0 spiro atoms. The molecule has 168 valence electrons. The number of carbonyl (C=O) groups excluding carboxylic acids is 1. The van der Waals surface area contributed by atoms with Crippen molar-refractivity contribution in [2.75, 3.05) is 13.1 Å². The van der Waals surface area contributed by atoms with Gasteiger partial charge in [-0.25, -0.2) is 4.98 Å². The number of hydrogen-bond donors (Lipinski definition) is 1. The van der Waals surface area contributed by atoms with Gasteiger partial charge in [0.25, 0.3) is 5.91 Å². The van der Waals surface area contributed by atoms with Crippen LogP contribution in [0.25, 0.3) is 16.2 Å². The Bertz CT molecular complexity index is 1160. The van der Waals surface area contributed by atoms with Crippen LogP contribution in [0.2, 0.25) is 0 Å². The molecule has 1 atom stereocenters. The number of rotatable bonds is 4. The summed E-state index contributed by atoms with van der Waals surface area (Å²) in [6.45, 7) is 6.16. The molecule has 1 aliphatic heterocycles. The van der Waals surface area contributed by atoms with E-state index in [2.05, 4.69) is 28.1 Å². The average molecular weight is 450 g/mol. The number of nitrogens with zero attached hydrogens (tertiary/aromatic N) is 4. The molecule has 5 rings (SSSR count). The molecule has 0 saturated carbocycles. The predicted octanol–water partition coefficient (Wildman–Crippen LogP) is 4.29. The van der Waals surface area contributed by atoms with Crippen molar-refractivity contribution in [3.05, 3.63) is 46.6 Å². The second-order valence-corrected chi connectivity index (χ2v) is 10.3. The number of carbonyl (C=O) groups is 1. The van der Waals surface area contributed by atoms with Crippen LogP contribution in [-0.2, 0) is 17.6 Å². The minimum Gasteiger partial charge on any atom is -0.382 e. The Morgan fingerprint density at radius 2 is 1.97 bits per heavy atom. The van der Waals surface area contributed by atoms with Gasteiger partial charge in [-0.2, -0.15) is 4.99 Å². The number of amidine groups is 1. The van der Waals surface area contributed by atoms with Gasteiger partial charge in [0.2, 0.25) is 0 Å². The van der Waals surface area contributed by atoms with E-state index >= 15 is 0 Å². The highest BCUT2D eigenvalue weighted by atomic mass is 32.1. The Hall–Kier alpha value is -2.51. The summed E-state index contributed by atoms with van der Waals surface area (Å²) in [5.41, 5.74) is 10.5. The standard InChI is InChI=1S/C25H31N5OS/c1-16(2)29-14-8-11-18(15-29)24(31)28-23(26)22-21(17-9-4-3-5-10-17)27-25-30(22)19-12-6-7-13-20(19)32-25/h3-5,9-10,16,18H,6-8,11-15H2,1-2H3,(H2,26,28,31). The maximum Gasteiger partial charge on any atom is 0.252 e. The zero-order valence-electron chi connectivity index (χ0n) is 18.9. The highest BCUT2D eigenvalue weighted by molar-refractivity contribution is 7.17. The third-order valence-electron chi connectivity index (χ3n) is 6.77. The summed E-state index contributed by atoms with van der Waals surface area (Å²) in [5.74, 6) is 0.0878. The van der Waals surface area contributed by atoms with Gasteiger partial charge >= 0.3 is 0 Å². The number of nitrogens with two attached hydrogens (primary N) is 1. The van der Waals surface area contributed by atoms with Crippen molar-refractivity contribution >= 4 is 28.0 Å². The van der Waals surface area contributed by atoms with E-state index in [-0.39, 0.29) is 17.7 Å². The molecule has 32 heavy (non-hydrogen) atoms. The summed E-state index contributed by atoms with van der Waals surface area (Å²) < 4.78 is 2.18. The molecule has 1 amide bonds. The van der Waals surface area contributed by atoms with Crippen LogP contribution in [-0.4, -0.2) is 45.2 Å². The molecule has 1 saturated heterocycles. The minimum absolute atomic E-state index is 0.0929. The van der Waals surface area contributed by atoms with Crippen LogP contribution in [0.4, 0.5) is 0 Å². The fraction of sp³-hybridized carbons (Fsp3) is 0.480. The van der Waals surface area contributed by atoms with E-state index in [1.165, 1.54) is 23.4 Å². The zero-order chi connectivity index (χ0) is 22.2. The smallest absolute Gasteiger partial charge is 0.252 e. The fourth-order valence-electron chi connectivity index (χ4n) is 5.01. The average Bonchev–Trinajstić information content (AvgIpc) is 3.36. The molecule has 1 aliphatic carbocycles. The van der Waals surface area contributed by atoms with Gasteiger partial charge in [-0.1, -0.05) is 30.3 Å². The molecular weight excluding hydrogens is 418 g/mol. The number of likely N-dealkylation sites (tertiary alicyclic amines) is 1. The summed E-state index contributed by atoms with van der Waals surface area (Å²) in [5, 5.41) is 0. The van der Waals surface area contributed by atoms with Crippen molar-refractivity contribution in [2.24, 2.45) is 16.6 Å². The molecule has 3 aromatic rings. The first-order chi connectivity index (χ1) is 15.5. The van der Waals surface area contributed by atoms with Gasteiger partial charge < -0.3 is 10.6 Å². The van der Waals surface area contributed by atoms with E-state index in [4.69, 9.17) is 10.7 Å². The van der Waals surface area contributed by atoms with Crippen LogP contribution >= 0.6 is 11.3 Å². The van der Waals surface area contributed by atoms with Gasteiger partial charge in [0, 0.05) is 28.7 Å². The molecule has 2 aromatic heterocycles. The van der Waals surface area contributed by atoms with Crippen molar-refractivity contribution in [1.29, 1.82) is 0 Å². The predicted molar refractivity (Wildman–Crippen MR) is 130 cm³/mol. The number of piperidine rings is 1. The molecule has 2 aliphatic rings. The van der Waals surface area contributed by atoms with Crippen molar-refractivity contribution in [2.45, 2.75) is 58.4 Å². The lowest BCUT2D eigenvalue weighted by atomic mass is 9.96. The zero-order valence-corrected chi connectivity index (χ0v) is 19.7. The summed E-state index contributed by atoms with van der Waals surface area (Å²) in [4.78, 5) is 27.3. The molecule has 1 fully saturated rings. The van der Waals surface area contributed by atoms with Crippen LogP contribution in [0.1, 0.15) is 55.8 Å². The summed E-state index contributed by atoms with van der Waals surface area (Å²) >= 11 is 1.75. The van der Waals surface area contributed by atoms with Gasteiger partial charge in [-0.05, 0) is 58.9 Å². The van der Waals surface area contributed by atoms with Gasteiger partial charge in [0.15, 0.2) is 10.8 Å². The first kappa shape index (κ1) is 21.3. The number of aromatic nitrogens is 2. The molecule has 1 aromatic carbocycles. The lowest BCUT2D eigenvalue weighted by Crippen LogP contribution is -2.42. The van der Waals surface area contributed by atoms with Crippen LogP contribution in [0.15, 0.2) is 35.3 Å². The largest absolute Gasteiger partial charge is 0.382 e. The number of hydrogen-bond acceptors (Lipinski definition) is 4. The lowest BCUT2D eigenvalue weighted by Gasteiger charge is -2.33. The van der Waals surface area contributed by atoms with Gasteiger partial charge in [-0.15, -0.1) is 11.3 Å². The van der Waals surface area contributed by atoms with Crippen molar-refractivity contribution in [1.82, 2.24) is 14.3 Å². The normalized spacial score (nSPS) is 20.1. The Morgan fingerprint density at radius 3 is 2.75 bits per heavy atom. The molecule has 3 heterocycles. The monoisotopic (exact) mass is 449 g/mol. The van der Waals surface area contributed by atoms with Gasteiger partial charge in [-0.3, -0.25) is 9.20 Å². The van der Waals surface area contributed by atoms with Crippen LogP contribution < -0.4 is 5.73 Å². The van der Waals surface area contributed by atoms with E-state index in [1.54, 1.807) is 11.3 Å². The molecule has 7 heteroatoms. The first-order valence-electron chi connectivity index (χ1n) is 11.7. The molecule has 0 radical (unpaired) electrons. The Kier molecular flexibility index (Phi) is 5.86. The number of amides is 1. The third kappa shape index (κ3) is 3.88. The summed E-state index contributed by atoms with van der Waals surface area (Å²) in [6.07, 6.45) is 6.38. The van der Waals surface area contributed by atoms with E-state index in [0.717, 1.165) is 60.7 Å². The summed E-state index contributed by atoms with van der Waals surface area (Å²) in [7, 11) is 0. The SMILES string of the molecule is CC(C)N1CCCC(C(=O)N=C(N)c2c(-c3ccccc3)nc3sc4c(n23)CCCC4)C1. The van der Waals surface area contributed by atoms with Crippen molar-refractivity contribution in [3.63, 3.8) is 0 Å². The highest BCUT2D eigenvalue weighted by Crippen LogP contribution is 2.35. The second-order valence-electron chi connectivity index (χ2n) is 9.24. The fourth-order valence-corrected chi connectivity index (χ4v) is 6.22. The van der Waals surface area contributed by atoms with E-state index in [9.17, 15) is 4.79 Å². The van der Waals surface area contributed by atoms with Crippen LogP contribution in [0, 0.1) is 5.92 Å². The van der Waals surface area contributed by atoms with Crippen LogP contribution in [0.5, 0.6) is 0 Å². The number of aliphatic imine (C=N–C) groups is 1. The molecule has 1 unspecified atom stereocenters. The Balaban J connectivity index is 1.57. The molecule has 0 bridgehead atoms. The second kappa shape index (κ2) is 8.79. The van der Waals surface area contributed by atoms with Gasteiger partial charge in [0.05, 0.1) is 5.92 Å². The maximum atomic E-state index is 13.2. The lowest BCUT2D eigenvalue weighted by molar-refractivity contribution is -0.123. The Morgan fingerprint density at radius 1 is 1.19 bits per heavy atom. The third-order valence-corrected chi connectivity index (χ3v) is 7.92. The highest BCUT2D eigenvalue weighted by Gasteiger charge is 2.29. The van der Waals surface area contributed by atoms with E-state index in [0.29, 0.717) is 6.04 Å². The number of aryl methyl sites for hydroxylation is 2. The minimum atomic E-state index is -0.106. The topological polar surface area (TPSA) is 76.0 Å². The van der Waals surface area contributed by atoms with E-state index in [1.807, 2.05) is 30.3 Å². The van der Waals surface area contributed by atoms with E-state index < -0.39 is 0 Å². The summed E-state index contributed by atoms with van der Waals surface area (Å²) in [6, 6.07) is 10.5. The molecule has 2 N–H and O–H groups in total. The molecule has 6 nitrogen and oxygen atoms in total. The molecular formula is C25H31N5OS. The van der Waals surface area contributed by atoms with Crippen LogP contribution in [0.3, 0.4) is 0 Å². The number of thiazole rings is 1. The quantitative estimate of drug-likeness (QED) is 0.476. The number of benzene rings is 1.